The normalized spacial score (nSPS) is 10.4. The number of carbonyl (C=O) groups is 2. The van der Waals surface area contributed by atoms with Gasteiger partial charge in [0, 0.05) is 18.0 Å². The van der Waals surface area contributed by atoms with Crippen molar-refractivity contribution in [2.75, 3.05) is 25.5 Å². The number of hydrogen-bond acceptors (Lipinski definition) is 3. The molecule has 0 aromatic heterocycles. The van der Waals surface area contributed by atoms with E-state index in [-0.39, 0.29) is 18.4 Å². The molecule has 2 aromatic carbocycles. The van der Waals surface area contributed by atoms with Gasteiger partial charge in [-0.15, -0.1) is 0 Å². The minimum Gasteiger partial charge on any atom is -0.497 e. The monoisotopic (exact) mass is 422 g/mol. The Labute approximate surface area is 175 Å². The molecule has 0 saturated carbocycles. The smallest absolute Gasteiger partial charge is 0.244 e. The summed E-state index contributed by atoms with van der Waals surface area (Å²) in [5.74, 6) is 0.422. The second-order valence-electron chi connectivity index (χ2n) is 6.34. The number of carbonyl (C=O) groups excluding carboxylic acids is 2. The molecule has 28 heavy (non-hydrogen) atoms. The largest absolute Gasteiger partial charge is 0.497 e. The van der Waals surface area contributed by atoms with Crippen LogP contribution in [0.5, 0.6) is 5.75 Å². The Bertz CT molecular complexity index is 810. The standard InChI is InChI=1S/C21H24Cl2N2O3/c1-3-12-25(14-20(26)24-19-10-7-16(22)13-18(19)23)21(27)11-6-15-4-8-17(28-2)9-5-15/h4-5,7-10,13H,3,6,11-12,14H2,1-2H3,(H,24,26). The molecular formula is C21H24Cl2N2O3. The van der Waals surface area contributed by atoms with Gasteiger partial charge in [0.2, 0.25) is 11.8 Å². The molecule has 150 valence electrons. The second kappa shape index (κ2) is 10.9. The predicted molar refractivity (Wildman–Crippen MR) is 113 cm³/mol. The van der Waals surface area contributed by atoms with Crippen LogP contribution in [0.25, 0.3) is 0 Å². The van der Waals surface area contributed by atoms with E-state index in [4.69, 9.17) is 27.9 Å². The molecule has 5 nitrogen and oxygen atoms in total. The summed E-state index contributed by atoms with van der Waals surface area (Å²) in [6.45, 7) is 2.47. The van der Waals surface area contributed by atoms with E-state index in [1.807, 2.05) is 31.2 Å². The number of methoxy groups -OCH3 is 1. The summed E-state index contributed by atoms with van der Waals surface area (Å²) >= 11 is 12.0. The molecule has 0 unspecified atom stereocenters. The van der Waals surface area contributed by atoms with E-state index in [9.17, 15) is 9.59 Å². The second-order valence-corrected chi connectivity index (χ2v) is 7.18. The summed E-state index contributed by atoms with van der Waals surface area (Å²) in [6.07, 6.45) is 1.71. The molecule has 0 spiro atoms. The van der Waals surface area contributed by atoms with Crippen molar-refractivity contribution in [3.05, 3.63) is 58.1 Å². The highest BCUT2D eigenvalue weighted by molar-refractivity contribution is 6.36. The van der Waals surface area contributed by atoms with Crippen LogP contribution in [0.2, 0.25) is 10.0 Å². The molecule has 2 aromatic rings. The molecule has 0 bridgehead atoms. The Balaban J connectivity index is 1.92. The van der Waals surface area contributed by atoms with Gasteiger partial charge in [0.05, 0.1) is 24.4 Å². The summed E-state index contributed by atoms with van der Waals surface area (Å²) in [7, 11) is 1.61. The average molecular weight is 423 g/mol. The summed E-state index contributed by atoms with van der Waals surface area (Å²) < 4.78 is 5.14. The van der Waals surface area contributed by atoms with E-state index in [1.165, 1.54) is 0 Å². The number of hydrogen-bond donors (Lipinski definition) is 1. The van der Waals surface area contributed by atoms with E-state index in [0.717, 1.165) is 17.7 Å². The van der Waals surface area contributed by atoms with Crippen LogP contribution in [0.4, 0.5) is 5.69 Å². The number of nitrogens with one attached hydrogen (secondary N) is 1. The zero-order chi connectivity index (χ0) is 20.5. The maximum absolute atomic E-state index is 12.6. The lowest BCUT2D eigenvalue weighted by Crippen LogP contribution is -2.38. The van der Waals surface area contributed by atoms with E-state index in [2.05, 4.69) is 5.32 Å². The van der Waals surface area contributed by atoms with Gasteiger partial charge in [0.1, 0.15) is 5.75 Å². The number of aryl methyl sites for hydroxylation is 1. The van der Waals surface area contributed by atoms with Crippen LogP contribution in [0.1, 0.15) is 25.3 Å². The first-order valence-electron chi connectivity index (χ1n) is 9.08. The zero-order valence-corrected chi connectivity index (χ0v) is 17.5. The first kappa shape index (κ1) is 22.1. The minimum atomic E-state index is -0.296. The van der Waals surface area contributed by atoms with Crippen molar-refractivity contribution < 1.29 is 14.3 Å². The van der Waals surface area contributed by atoms with Crippen molar-refractivity contribution in [2.24, 2.45) is 0 Å². The molecule has 0 atom stereocenters. The lowest BCUT2D eigenvalue weighted by Gasteiger charge is -2.22. The first-order valence-corrected chi connectivity index (χ1v) is 9.84. The molecule has 0 radical (unpaired) electrons. The average Bonchev–Trinajstić information content (AvgIpc) is 2.68. The van der Waals surface area contributed by atoms with Gasteiger partial charge in [-0.05, 0) is 48.7 Å². The number of halogens is 2. The van der Waals surface area contributed by atoms with Gasteiger partial charge in [-0.25, -0.2) is 0 Å². The highest BCUT2D eigenvalue weighted by Crippen LogP contribution is 2.25. The molecular weight excluding hydrogens is 399 g/mol. The Kier molecular flexibility index (Phi) is 8.61. The number of nitrogens with zero attached hydrogens (tertiary/aromatic N) is 1. The molecule has 2 rings (SSSR count). The van der Waals surface area contributed by atoms with Crippen molar-refractivity contribution in [1.29, 1.82) is 0 Å². The molecule has 0 aliphatic rings. The van der Waals surface area contributed by atoms with E-state index >= 15 is 0 Å². The maximum Gasteiger partial charge on any atom is 0.244 e. The zero-order valence-electron chi connectivity index (χ0n) is 16.0. The third-order valence-corrected chi connectivity index (χ3v) is 4.72. The fraction of sp³-hybridized carbons (Fsp3) is 0.333. The molecule has 0 saturated heterocycles. The van der Waals surface area contributed by atoms with Crippen LogP contribution in [0.15, 0.2) is 42.5 Å². The Morgan fingerprint density at radius 3 is 2.43 bits per heavy atom. The lowest BCUT2D eigenvalue weighted by molar-refractivity contribution is -0.134. The van der Waals surface area contributed by atoms with Crippen LogP contribution in [-0.2, 0) is 16.0 Å². The SMILES string of the molecule is CCCN(CC(=O)Nc1ccc(Cl)cc1Cl)C(=O)CCc1ccc(OC)cc1. The van der Waals surface area contributed by atoms with Crippen LogP contribution < -0.4 is 10.1 Å². The topological polar surface area (TPSA) is 58.6 Å². The highest BCUT2D eigenvalue weighted by Gasteiger charge is 2.17. The molecule has 2 amide bonds. The van der Waals surface area contributed by atoms with Crippen molar-refractivity contribution >= 4 is 40.7 Å². The Morgan fingerprint density at radius 1 is 1.11 bits per heavy atom. The maximum atomic E-state index is 12.6. The molecule has 0 heterocycles. The molecule has 0 aliphatic heterocycles. The number of amides is 2. The van der Waals surface area contributed by atoms with Gasteiger partial charge in [0.25, 0.3) is 0 Å². The number of anilines is 1. The van der Waals surface area contributed by atoms with Crippen LogP contribution in [0.3, 0.4) is 0 Å². The molecule has 7 heteroatoms. The summed E-state index contributed by atoms with van der Waals surface area (Å²) in [5, 5.41) is 3.58. The van der Waals surface area contributed by atoms with Crippen LogP contribution in [0, 0.1) is 0 Å². The van der Waals surface area contributed by atoms with Gasteiger partial charge in [-0.1, -0.05) is 42.3 Å². The minimum absolute atomic E-state index is 0.0196. The first-order chi connectivity index (χ1) is 13.4. The Morgan fingerprint density at radius 2 is 1.82 bits per heavy atom. The number of rotatable bonds is 9. The molecule has 0 aliphatic carbocycles. The number of ether oxygens (including phenoxy) is 1. The lowest BCUT2D eigenvalue weighted by atomic mass is 10.1. The fourth-order valence-electron chi connectivity index (χ4n) is 2.72. The highest BCUT2D eigenvalue weighted by atomic mass is 35.5. The van der Waals surface area contributed by atoms with Crippen LogP contribution in [-0.4, -0.2) is 36.9 Å². The van der Waals surface area contributed by atoms with Crippen molar-refractivity contribution in [2.45, 2.75) is 26.2 Å². The van der Waals surface area contributed by atoms with Gasteiger partial charge < -0.3 is 15.0 Å². The van der Waals surface area contributed by atoms with Gasteiger partial charge in [-0.2, -0.15) is 0 Å². The van der Waals surface area contributed by atoms with E-state index in [0.29, 0.717) is 35.1 Å². The van der Waals surface area contributed by atoms with Gasteiger partial charge >= 0.3 is 0 Å². The van der Waals surface area contributed by atoms with Crippen molar-refractivity contribution in [3.8, 4) is 5.75 Å². The third-order valence-electron chi connectivity index (χ3n) is 4.17. The molecule has 1 N–H and O–H groups in total. The van der Waals surface area contributed by atoms with E-state index < -0.39 is 0 Å². The van der Waals surface area contributed by atoms with Crippen molar-refractivity contribution in [1.82, 2.24) is 4.90 Å². The van der Waals surface area contributed by atoms with Crippen LogP contribution >= 0.6 is 23.2 Å². The summed E-state index contributed by atoms with van der Waals surface area (Å²) in [4.78, 5) is 26.6. The quantitative estimate of drug-likeness (QED) is 0.630. The van der Waals surface area contributed by atoms with Gasteiger partial charge in [-0.3, -0.25) is 9.59 Å². The Hall–Kier alpha value is -2.24. The van der Waals surface area contributed by atoms with Crippen molar-refractivity contribution in [3.63, 3.8) is 0 Å². The van der Waals surface area contributed by atoms with Gasteiger partial charge in [0.15, 0.2) is 0 Å². The third kappa shape index (κ3) is 6.73. The fourth-order valence-corrected chi connectivity index (χ4v) is 3.17. The van der Waals surface area contributed by atoms with E-state index in [1.54, 1.807) is 30.2 Å². The number of benzene rings is 2. The summed E-state index contributed by atoms with van der Waals surface area (Å²) in [5.41, 5.74) is 1.51. The molecule has 0 fully saturated rings. The summed E-state index contributed by atoms with van der Waals surface area (Å²) in [6, 6.07) is 12.4. The predicted octanol–water partition coefficient (Wildman–Crippen LogP) is 4.81.